The lowest BCUT2D eigenvalue weighted by Crippen LogP contribution is -2.54. The number of unbranched alkanes of at least 4 members (excludes halogenated alkanes) is 1. The number of ether oxygens (including phenoxy) is 1. The number of halogens is 1. The van der Waals surface area contributed by atoms with E-state index < -0.39 is 11.2 Å². The van der Waals surface area contributed by atoms with Crippen molar-refractivity contribution in [1.29, 1.82) is 0 Å². The second-order valence-corrected chi connectivity index (χ2v) is 7.55. The van der Waals surface area contributed by atoms with Crippen LogP contribution in [0.5, 0.6) is 0 Å². The Kier molecular flexibility index (Phi) is 4.81. The first-order chi connectivity index (χ1) is 9.74. The number of amides is 1. The van der Waals surface area contributed by atoms with Crippen molar-refractivity contribution in [3.63, 3.8) is 0 Å². The molecule has 0 aromatic carbocycles. The van der Waals surface area contributed by atoms with Crippen LogP contribution in [-0.4, -0.2) is 46.1 Å². The zero-order valence-electron chi connectivity index (χ0n) is 13.4. The molecule has 122 valence electrons. The van der Waals surface area contributed by atoms with Crippen LogP contribution in [-0.2, 0) is 4.74 Å². The number of piperidine rings is 1. The third-order valence-corrected chi connectivity index (χ3v) is 4.48. The van der Waals surface area contributed by atoms with E-state index in [1.807, 2.05) is 25.7 Å². The number of fused-ring (bicyclic) bond motifs is 2. The standard InChI is InChI=1S/C16H28FNO3/c1-15(2,3)21-14(19)18-12-6-7-13(18)11-16(20,10-12)8-4-5-9-17/h12-13,20H,4-11H2,1-3H3. The highest BCUT2D eigenvalue weighted by Crippen LogP contribution is 2.43. The van der Waals surface area contributed by atoms with Crippen LogP contribution in [0, 0.1) is 0 Å². The lowest BCUT2D eigenvalue weighted by molar-refractivity contribution is -0.0636. The SMILES string of the molecule is CC(C)(C)OC(=O)N1C2CCC1CC(O)(CCCCF)C2. The molecule has 1 amide bonds. The van der Waals surface area contributed by atoms with E-state index in [-0.39, 0.29) is 24.9 Å². The molecule has 2 atom stereocenters. The summed E-state index contributed by atoms with van der Waals surface area (Å²) >= 11 is 0. The van der Waals surface area contributed by atoms with Crippen LogP contribution in [0.2, 0.25) is 0 Å². The average Bonchev–Trinajstić information content (AvgIpc) is 2.61. The van der Waals surface area contributed by atoms with Crippen molar-refractivity contribution in [1.82, 2.24) is 4.90 Å². The van der Waals surface area contributed by atoms with Crippen molar-refractivity contribution in [2.45, 2.75) is 89.0 Å². The van der Waals surface area contributed by atoms with Gasteiger partial charge in [0.1, 0.15) is 5.60 Å². The number of aliphatic hydroxyl groups is 1. The fourth-order valence-corrected chi connectivity index (χ4v) is 3.69. The van der Waals surface area contributed by atoms with Gasteiger partial charge in [0.2, 0.25) is 0 Å². The lowest BCUT2D eigenvalue weighted by Gasteiger charge is -2.44. The quantitative estimate of drug-likeness (QED) is 0.809. The predicted octanol–water partition coefficient (Wildman–Crippen LogP) is 3.42. The van der Waals surface area contributed by atoms with E-state index >= 15 is 0 Å². The zero-order valence-corrected chi connectivity index (χ0v) is 13.4. The third kappa shape index (κ3) is 4.09. The summed E-state index contributed by atoms with van der Waals surface area (Å²) in [6, 6.07) is 0.128. The number of hydrogen-bond acceptors (Lipinski definition) is 3. The van der Waals surface area contributed by atoms with Crippen molar-refractivity contribution in [3.05, 3.63) is 0 Å². The fourth-order valence-electron chi connectivity index (χ4n) is 3.69. The summed E-state index contributed by atoms with van der Waals surface area (Å²) < 4.78 is 17.7. The van der Waals surface area contributed by atoms with Gasteiger partial charge in [0.25, 0.3) is 0 Å². The van der Waals surface area contributed by atoms with E-state index in [1.54, 1.807) is 0 Å². The maximum absolute atomic E-state index is 12.3. The highest BCUT2D eigenvalue weighted by molar-refractivity contribution is 5.69. The van der Waals surface area contributed by atoms with Crippen LogP contribution in [0.4, 0.5) is 9.18 Å². The Bertz CT molecular complexity index is 366. The van der Waals surface area contributed by atoms with Crippen molar-refractivity contribution in [3.8, 4) is 0 Å². The normalized spacial score (nSPS) is 32.3. The first-order valence-corrected chi connectivity index (χ1v) is 8.04. The summed E-state index contributed by atoms with van der Waals surface area (Å²) in [4.78, 5) is 14.1. The Hall–Kier alpha value is -0.840. The lowest BCUT2D eigenvalue weighted by atomic mass is 9.82. The second kappa shape index (κ2) is 6.11. The van der Waals surface area contributed by atoms with Gasteiger partial charge >= 0.3 is 6.09 Å². The molecule has 2 rings (SSSR count). The van der Waals surface area contributed by atoms with E-state index in [0.29, 0.717) is 32.1 Å². The fraction of sp³-hybridized carbons (Fsp3) is 0.938. The highest BCUT2D eigenvalue weighted by Gasteiger charge is 2.49. The Morgan fingerprint density at radius 2 is 1.86 bits per heavy atom. The number of carbonyl (C=O) groups excluding carboxylic acids is 1. The molecule has 0 saturated carbocycles. The van der Waals surface area contributed by atoms with Gasteiger partial charge in [-0.2, -0.15) is 0 Å². The topological polar surface area (TPSA) is 49.8 Å². The molecule has 21 heavy (non-hydrogen) atoms. The molecule has 2 saturated heterocycles. The smallest absolute Gasteiger partial charge is 0.410 e. The van der Waals surface area contributed by atoms with Crippen molar-refractivity contribution >= 4 is 6.09 Å². The van der Waals surface area contributed by atoms with Crippen LogP contribution in [0.25, 0.3) is 0 Å². The van der Waals surface area contributed by atoms with Crippen LogP contribution < -0.4 is 0 Å². The van der Waals surface area contributed by atoms with Gasteiger partial charge in [0.15, 0.2) is 0 Å². The molecule has 5 heteroatoms. The van der Waals surface area contributed by atoms with Gasteiger partial charge in [-0.3, -0.25) is 4.39 Å². The van der Waals surface area contributed by atoms with Gasteiger partial charge in [-0.05, 0) is 65.7 Å². The molecule has 0 aromatic heterocycles. The van der Waals surface area contributed by atoms with E-state index in [9.17, 15) is 14.3 Å². The molecule has 0 radical (unpaired) electrons. The predicted molar refractivity (Wildman–Crippen MR) is 78.9 cm³/mol. The molecule has 0 aromatic rings. The number of carbonyl (C=O) groups is 1. The Balaban J connectivity index is 1.97. The van der Waals surface area contributed by atoms with Crippen LogP contribution >= 0.6 is 0 Å². The maximum Gasteiger partial charge on any atom is 0.410 e. The molecular formula is C16H28FNO3. The highest BCUT2D eigenvalue weighted by atomic mass is 19.1. The summed E-state index contributed by atoms with van der Waals surface area (Å²) in [5.74, 6) is 0. The van der Waals surface area contributed by atoms with Gasteiger partial charge in [-0.1, -0.05) is 0 Å². The Morgan fingerprint density at radius 1 is 1.29 bits per heavy atom. The average molecular weight is 301 g/mol. The van der Waals surface area contributed by atoms with E-state index in [0.717, 1.165) is 12.8 Å². The molecular weight excluding hydrogens is 273 g/mol. The number of rotatable bonds is 4. The van der Waals surface area contributed by atoms with E-state index in [4.69, 9.17) is 4.74 Å². The molecule has 2 heterocycles. The van der Waals surface area contributed by atoms with Gasteiger partial charge in [0, 0.05) is 12.1 Å². The molecule has 0 aliphatic carbocycles. The largest absolute Gasteiger partial charge is 0.444 e. The first kappa shape index (κ1) is 16.5. The number of alkyl halides is 1. The van der Waals surface area contributed by atoms with Gasteiger partial charge in [-0.25, -0.2) is 4.79 Å². The molecule has 1 N–H and O–H groups in total. The Labute approximate surface area is 126 Å². The van der Waals surface area contributed by atoms with Crippen LogP contribution in [0.1, 0.15) is 65.7 Å². The Morgan fingerprint density at radius 3 is 2.33 bits per heavy atom. The van der Waals surface area contributed by atoms with Gasteiger partial charge < -0.3 is 14.7 Å². The molecule has 2 bridgehead atoms. The summed E-state index contributed by atoms with van der Waals surface area (Å²) in [7, 11) is 0. The van der Waals surface area contributed by atoms with Gasteiger partial charge in [0.05, 0.1) is 12.3 Å². The van der Waals surface area contributed by atoms with Crippen molar-refractivity contribution < 1.29 is 19.0 Å². The molecule has 2 aliphatic heterocycles. The third-order valence-electron chi connectivity index (χ3n) is 4.48. The monoisotopic (exact) mass is 301 g/mol. The maximum atomic E-state index is 12.3. The van der Waals surface area contributed by atoms with Crippen molar-refractivity contribution in [2.75, 3.05) is 6.67 Å². The minimum Gasteiger partial charge on any atom is -0.444 e. The van der Waals surface area contributed by atoms with Gasteiger partial charge in [-0.15, -0.1) is 0 Å². The summed E-state index contributed by atoms with van der Waals surface area (Å²) in [6.07, 6.45) is 4.62. The minimum absolute atomic E-state index is 0.0639. The molecule has 4 nitrogen and oxygen atoms in total. The van der Waals surface area contributed by atoms with Crippen molar-refractivity contribution in [2.24, 2.45) is 0 Å². The van der Waals surface area contributed by atoms with E-state index in [1.165, 1.54) is 0 Å². The molecule has 0 spiro atoms. The summed E-state index contributed by atoms with van der Waals surface area (Å²) in [5.41, 5.74) is -1.23. The van der Waals surface area contributed by atoms with Crippen LogP contribution in [0.3, 0.4) is 0 Å². The second-order valence-electron chi connectivity index (χ2n) is 7.55. The summed E-state index contributed by atoms with van der Waals surface area (Å²) in [6.45, 7) is 5.27. The first-order valence-electron chi connectivity index (χ1n) is 8.04. The molecule has 2 fully saturated rings. The van der Waals surface area contributed by atoms with E-state index in [2.05, 4.69) is 0 Å². The number of hydrogen-bond donors (Lipinski definition) is 1. The minimum atomic E-state index is -0.737. The summed E-state index contributed by atoms with van der Waals surface area (Å²) in [5, 5.41) is 10.7. The zero-order chi connectivity index (χ0) is 15.7. The van der Waals surface area contributed by atoms with Crippen LogP contribution in [0.15, 0.2) is 0 Å². The number of nitrogens with zero attached hydrogens (tertiary/aromatic N) is 1. The molecule has 2 unspecified atom stereocenters. The molecule has 2 aliphatic rings.